The third kappa shape index (κ3) is 1.37. The van der Waals surface area contributed by atoms with Crippen molar-refractivity contribution in [1.82, 2.24) is 4.98 Å². The van der Waals surface area contributed by atoms with Crippen LogP contribution in [0.3, 0.4) is 0 Å². The molecule has 14 heavy (non-hydrogen) atoms. The van der Waals surface area contributed by atoms with Crippen LogP contribution in [0.5, 0.6) is 0 Å². The molecule has 74 valence electrons. The summed E-state index contributed by atoms with van der Waals surface area (Å²) >= 11 is 1.42. The highest BCUT2D eigenvalue weighted by Crippen LogP contribution is 2.27. The number of carbonyl (C=O) groups is 1. The van der Waals surface area contributed by atoms with Crippen LogP contribution in [0.4, 0.5) is 0 Å². The van der Waals surface area contributed by atoms with Crippen molar-refractivity contribution in [3.8, 4) is 0 Å². The molecule has 0 fully saturated rings. The summed E-state index contributed by atoms with van der Waals surface area (Å²) in [5, 5.41) is 12.6. The van der Waals surface area contributed by atoms with E-state index in [4.69, 9.17) is 9.94 Å². The van der Waals surface area contributed by atoms with Crippen LogP contribution in [0, 0.1) is 0 Å². The van der Waals surface area contributed by atoms with Crippen LogP contribution in [0.1, 0.15) is 18.2 Å². The first-order valence-corrected chi connectivity index (χ1v) is 4.87. The topological polar surface area (TPSA) is 71.8 Å². The second-order valence-electron chi connectivity index (χ2n) is 3.21. The lowest BCUT2D eigenvalue weighted by atomic mass is 10.00. The van der Waals surface area contributed by atoms with Crippen molar-refractivity contribution in [1.29, 1.82) is 0 Å². The fourth-order valence-corrected chi connectivity index (χ4v) is 1.75. The van der Waals surface area contributed by atoms with E-state index in [1.807, 2.05) is 0 Å². The minimum absolute atomic E-state index is 0.282. The molecule has 0 radical (unpaired) electrons. The van der Waals surface area contributed by atoms with E-state index in [1.54, 1.807) is 11.7 Å². The quantitative estimate of drug-likeness (QED) is 0.797. The highest BCUT2D eigenvalue weighted by molar-refractivity contribution is 7.11. The van der Waals surface area contributed by atoms with Crippen molar-refractivity contribution < 1.29 is 14.7 Å². The van der Waals surface area contributed by atoms with E-state index in [0.29, 0.717) is 5.71 Å². The molecule has 0 saturated carbocycles. The molecule has 0 amide bonds. The van der Waals surface area contributed by atoms with E-state index >= 15 is 0 Å². The van der Waals surface area contributed by atoms with Crippen molar-refractivity contribution >= 4 is 23.0 Å². The van der Waals surface area contributed by atoms with Crippen LogP contribution in [0.15, 0.2) is 16.9 Å². The Hall–Kier alpha value is -1.43. The molecule has 2 heterocycles. The molecule has 0 bridgehead atoms. The van der Waals surface area contributed by atoms with Gasteiger partial charge in [0.15, 0.2) is 0 Å². The van der Waals surface area contributed by atoms with Crippen molar-refractivity contribution in [3.63, 3.8) is 0 Å². The summed E-state index contributed by atoms with van der Waals surface area (Å²) in [5.41, 5.74) is 1.10. The highest BCUT2D eigenvalue weighted by atomic mass is 32.1. The zero-order valence-corrected chi connectivity index (χ0v) is 8.24. The van der Waals surface area contributed by atoms with Crippen LogP contribution in [0.2, 0.25) is 0 Å². The van der Waals surface area contributed by atoms with E-state index in [-0.39, 0.29) is 6.42 Å². The minimum Gasteiger partial charge on any atom is -0.478 e. The molecule has 1 aromatic heterocycles. The van der Waals surface area contributed by atoms with E-state index in [0.717, 1.165) is 4.88 Å². The van der Waals surface area contributed by atoms with E-state index in [9.17, 15) is 4.79 Å². The Morgan fingerprint density at radius 3 is 3.07 bits per heavy atom. The first-order valence-electron chi connectivity index (χ1n) is 3.99. The number of nitrogens with zero attached hydrogens (tertiary/aromatic N) is 2. The number of oxime groups is 1. The fraction of sp³-hybridized carbons (Fsp3) is 0.375. The molecule has 0 aliphatic carbocycles. The van der Waals surface area contributed by atoms with Gasteiger partial charge >= 0.3 is 5.97 Å². The smallest absolute Gasteiger partial charge is 0.351 e. The van der Waals surface area contributed by atoms with Gasteiger partial charge in [0.25, 0.3) is 0 Å². The lowest BCUT2D eigenvalue weighted by molar-refractivity contribution is -0.160. The molecule has 1 N–H and O–H groups in total. The van der Waals surface area contributed by atoms with Gasteiger partial charge in [0.05, 0.1) is 10.4 Å². The van der Waals surface area contributed by atoms with Crippen LogP contribution in [0.25, 0.3) is 0 Å². The molecular weight excluding hydrogens is 204 g/mol. The summed E-state index contributed by atoms with van der Waals surface area (Å²) in [7, 11) is 0. The van der Waals surface area contributed by atoms with E-state index < -0.39 is 11.6 Å². The molecule has 5 nitrogen and oxygen atoms in total. The standard InChI is InChI=1S/C8H8N2O3S/c1-8(7(11)12)2-5(10-13-8)6-3-9-4-14-6/h3-4H,2H2,1H3,(H,11,12). The van der Waals surface area contributed by atoms with Gasteiger partial charge in [-0.2, -0.15) is 0 Å². The molecule has 1 unspecified atom stereocenters. The second kappa shape index (κ2) is 3.06. The van der Waals surface area contributed by atoms with Gasteiger partial charge in [-0.3, -0.25) is 4.98 Å². The Labute approximate surface area is 84.0 Å². The number of carboxylic acids is 1. The first-order chi connectivity index (χ1) is 6.62. The van der Waals surface area contributed by atoms with Gasteiger partial charge in [-0.1, -0.05) is 5.16 Å². The minimum atomic E-state index is -1.22. The summed E-state index contributed by atoms with van der Waals surface area (Å²) < 4.78 is 0. The predicted octanol–water partition coefficient (Wildman–Crippen LogP) is 1.11. The monoisotopic (exact) mass is 212 g/mol. The van der Waals surface area contributed by atoms with Gasteiger partial charge < -0.3 is 9.94 Å². The second-order valence-corrected chi connectivity index (χ2v) is 4.09. The number of hydrogen-bond donors (Lipinski definition) is 1. The number of thiazole rings is 1. The van der Waals surface area contributed by atoms with Gasteiger partial charge in [0.1, 0.15) is 5.71 Å². The summed E-state index contributed by atoms with van der Waals surface area (Å²) in [5.74, 6) is -0.999. The first kappa shape index (κ1) is 9.14. The maximum Gasteiger partial charge on any atom is 0.351 e. The SMILES string of the molecule is CC1(C(=O)O)CC(c2cncs2)=NO1. The molecule has 1 aliphatic rings. The molecule has 2 rings (SSSR count). The molecule has 6 heteroatoms. The van der Waals surface area contributed by atoms with Crippen LogP contribution in [-0.4, -0.2) is 27.4 Å². The largest absolute Gasteiger partial charge is 0.478 e. The van der Waals surface area contributed by atoms with Gasteiger partial charge in [-0.05, 0) is 6.92 Å². The third-order valence-electron chi connectivity index (χ3n) is 2.03. The predicted molar refractivity (Wildman–Crippen MR) is 50.4 cm³/mol. The average molecular weight is 212 g/mol. The molecule has 1 aromatic rings. The van der Waals surface area contributed by atoms with Gasteiger partial charge in [-0.25, -0.2) is 4.79 Å². The Morgan fingerprint density at radius 2 is 2.57 bits per heavy atom. The number of rotatable bonds is 2. The number of hydrogen-bond acceptors (Lipinski definition) is 5. The van der Waals surface area contributed by atoms with Crippen molar-refractivity contribution in [3.05, 3.63) is 16.6 Å². The van der Waals surface area contributed by atoms with Crippen LogP contribution < -0.4 is 0 Å². The van der Waals surface area contributed by atoms with Crippen molar-refractivity contribution in [2.75, 3.05) is 0 Å². The molecule has 0 aromatic carbocycles. The van der Waals surface area contributed by atoms with Gasteiger partial charge in [0.2, 0.25) is 5.60 Å². The third-order valence-corrected chi connectivity index (χ3v) is 2.85. The highest BCUT2D eigenvalue weighted by Gasteiger charge is 2.42. The van der Waals surface area contributed by atoms with Crippen molar-refractivity contribution in [2.45, 2.75) is 18.9 Å². The summed E-state index contributed by atoms with van der Waals surface area (Å²) in [6, 6.07) is 0. The maximum absolute atomic E-state index is 10.8. The number of aromatic nitrogens is 1. The zero-order valence-electron chi connectivity index (χ0n) is 7.43. The lowest BCUT2D eigenvalue weighted by Crippen LogP contribution is -2.35. The van der Waals surface area contributed by atoms with Crippen LogP contribution in [-0.2, 0) is 9.63 Å². The Kier molecular flexibility index (Phi) is 1.99. The van der Waals surface area contributed by atoms with Crippen LogP contribution >= 0.6 is 11.3 Å². The van der Waals surface area contributed by atoms with E-state index in [2.05, 4.69) is 10.1 Å². The number of carboxylic acid groups (broad SMARTS) is 1. The number of aliphatic carboxylic acids is 1. The molecule has 0 saturated heterocycles. The fourth-order valence-electron chi connectivity index (χ4n) is 1.14. The molecule has 1 aliphatic heterocycles. The Bertz CT molecular complexity index is 387. The maximum atomic E-state index is 10.8. The summed E-state index contributed by atoms with van der Waals surface area (Å²) in [6.07, 6.45) is 1.94. The van der Waals surface area contributed by atoms with Crippen molar-refractivity contribution in [2.24, 2.45) is 5.16 Å². The Morgan fingerprint density at radius 1 is 1.79 bits per heavy atom. The lowest BCUT2D eigenvalue weighted by Gasteiger charge is -2.14. The normalized spacial score (nSPS) is 25.6. The Balaban J connectivity index is 2.19. The average Bonchev–Trinajstić information content (AvgIpc) is 2.72. The van der Waals surface area contributed by atoms with E-state index in [1.165, 1.54) is 18.3 Å². The summed E-state index contributed by atoms with van der Waals surface area (Å²) in [6.45, 7) is 1.51. The van der Waals surface area contributed by atoms with Gasteiger partial charge in [0, 0.05) is 12.6 Å². The zero-order chi connectivity index (χ0) is 10.2. The molecule has 0 spiro atoms. The van der Waals surface area contributed by atoms with Gasteiger partial charge in [-0.15, -0.1) is 11.3 Å². The molecule has 1 atom stereocenters. The summed E-state index contributed by atoms with van der Waals surface area (Å²) in [4.78, 5) is 20.5. The molecular formula is C8H8N2O3S.